The lowest BCUT2D eigenvalue weighted by Crippen LogP contribution is -2.35. The van der Waals surface area contributed by atoms with Crippen LogP contribution in [0, 0.1) is 0 Å². The zero-order valence-corrected chi connectivity index (χ0v) is 17.7. The van der Waals surface area contributed by atoms with Crippen molar-refractivity contribution in [2.45, 2.75) is 4.21 Å². The second-order valence-corrected chi connectivity index (χ2v) is 9.45. The van der Waals surface area contributed by atoms with Gasteiger partial charge in [-0.3, -0.25) is 20.4 Å². The van der Waals surface area contributed by atoms with Gasteiger partial charge in [-0.2, -0.15) is 0 Å². The number of rotatable bonds is 7. The maximum Gasteiger partial charge on any atom is 0.271 e. The van der Waals surface area contributed by atoms with Crippen molar-refractivity contribution in [2.24, 2.45) is 0 Å². The molecule has 144 valence electrons. The molecule has 1 heterocycles. The van der Waals surface area contributed by atoms with Crippen LogP contribution in [-0.4, -0.2) is 14.3 Å². The molecule has 0 bridgehead atoms. The lowest BCUT2D eigenvalue weighted by atomic mass is 10.2. The minimum atomic E-state index is -3.62. The fourth-order valence-corrected chi connectivity index (χ4v) is 4.55. The van der Waals surface area contributed by atoms with E-state index in [1.807, 2.05) is 24.3 Å². The highest BCUT2D eigenvalue weighted by atomic mass is 79.9. The van der Waals surface area contributed by atoms with Crippen molar-refractivity contribution in [2.75, 3.05) is 4.72 Å². The standard InChI is InChI=1S/C19H16BrN3O3S2/c1-13(14-4-8-16(20)9-5-14)21-22-19(24)15-6-10-17(11-7-15)23-28(25,26)18-3-2-12-27-18/h2-12,21,23H,1H2,(H,22,24). The van der Waals surface area contributed by atoms with Gasteiger partial charge in [0.1, 0.15) is 4.21 Å². The van der Waals surface area contributed by atoms with Crippen LogP contribution in [0.25, 0.3) is 5.70 Å². The van der Waals surface area contributed by atoms with Crippen LogP contribution in [0.1, 0.15) is 15.9 Å². The van der Waals surface area contributed by atoms with Gasteiger partial charge in [0, 0.05) is 15.7 Å². The Morgan fingerprint density at radius 1 is 0.929 bits per heavy atom. The van der Waals surface area contributed by atoms with E-state index in [4.69, 9.17) is 0 Å². The van der Waals surface area contributed by atoms with E-state index in [9.17, 15) is 13.2 Å². The average molecular weight is 478 g/mol. The molecule has 3 rings (SSSR count). The summed E-state index contributed by atoms with van der Waals surface area (Å²) in [4.78, 5) is 12.3. The van der Waals surface area contributed by atoms with E-state index < -0.39 is 10.0 Å². The molecule has 0 fully saturated rings. The Hall–Kier alpha value is -2.62. The molecule has 9 heteroatoms. The Bertz CT molecular complexity index is 1080. The van der Waals surface area contributed by atoms with E-state index in [0.717, 1.165) is 21.4 Å². The Balaban J connectivity index is 1.59. The highest BCUT2D eigenvalue weighted by Gasteiger charge is 2.15. The molecule has 0 aliphatic rings. The predicted molar refractivity (Wildman–Crippen MR) is 115 cm³/mol. The van der Waals surface area contributed by atoms with Gasteiger partial charge in [0.2, 0.25) is 0 Å². The maximum atomic E-state index is 12.3. The zero-order valence-electron chi connectivity index (χ0n) is 14.5. The van der Waals surface area contributed by atoms with Crippen LogP contribution in [-0.2, 0) is 10.0 Å². The molecular formula is C19H16BrN3O3S2. The fraction of sp³-hybridized carbons (Fsp3) is 0. The van der Waals surface area contributed by atoms with Gasteiger partial charge in [0.25, 0.3) is 15.9 Å². The molecule has 0 radical (unpaired) electrons. The third-order valence-electron chi connectivity index (χ3n) is 3.68. The van der Waals surface area contributed by atoms with Crippen molar-refractivity contribution < 1.29 is 13.2 Å². The SMILES string of the molecule is C=C(NNC(=O)c1ccc(NS(=O)(=O)c2cccs2)cc1)c1ccc(Br)cc1. The Labute approximate surface area is 175 Å². The zero-order chi connectivity index (χ0) is 20.1. The summed E-state index contributed by atoms with van der Waals surface area (Å²) in [5.41, 5.74) is 7.45. The lowest BCUT2D eigenvalue weighted by Gasteiger charge is -2.12. The number of carbonyl (C=O) groups is 1. The number of benzene rings is 2. The summed E-state index contributed by atoms with van der Waals surface area (Å²) in [5.74, 6) is -0.370. The van der Waals surface area contributed by atoms with Gasteiger partial charge in [0.05, 0.1) is 5.70 Å². The van der Waals surface area contributed by atoms with E-state index >= 15 is 0 Å². The normalized spacial score (nSPS) is 10.9. The summed E-state index contributed by atoms with van der Waals surface area (Å²) in [6, 6.07) is 16.8. The summed E-state index contributed by atoms with van der Waals surface area (Å²) < 4.78 is 28.1. The van der Waals surface area contributed by atoms with Crippen LogP contribution < -0.4 is 15.6 Å². The second-order valence-electron chi connectivity index (χ2n) is 5.68. The van der Waals surface area contributed by atoms with E-state index in [2.05, 4.69) is 38.1 Å². The monoisotopic (exact) mass is 477 g/mol. The predicted octanol–water partition coefficient (Wildman–Crippen LogP) is 4.22. The summed E-state index contributed by atoms with van der Waals surface area (Å²) in [6.07, 6.45) is 0. The highest BCUT2D eigenvalue weighted by Crippen LogP contribution is 2.20. The minimum Gasteiger partial charge on any atom is -0.298 e. The Morgan fingerprint density at radius 2 is 1.57 bits per heavy atom. The van der Waals surface area contributed by atoms with Crippen LogP contribution in [0.2, 0.25) is 0 Å². The number of hydrogen-bond donors (Lipinski definition) is 3. The van der Waals surface area contributed by atoms with Crippen molar-refractivity contribution in [1.82, 2.24) is 10.9 Å². The van der Waals surface area contributed by atoms with Crippen molar-refractivity contribution in [3.05, 3.63) is 88.2 Å². The lowest BCUT2D eigenvalue weighted by molar-refractivity contribution is 0.0942. The average Bonchev–Trinajstić information content (AvgIpc) is 3.22. The summed E-state index contributed by atoms with van der Waals surface area (Å²) in [5, 5.41) is 1.69. The van der Waals surface area contributed by atoms with Gasteiger partial charge in [-0.1, -0.05) is 40.7 Å². The molecule has 0 spiro atoms. The first kappa shape index (κ1) is 20.1. The first-order chi connectivity index (χ1) is 13.3. The van der Waals surface area contributed by atoms with Crippen LogP contribution in [0.3, 0.4) is 0 Å². The van der Waals surface area contributed by atoms with Crippen molar-refractivity contribution in [3.63, 3.8) is 0 Å². The highest BCUT2D eigenvalue weighted by molar-refractivity contribution is 9.10. The first-order valence-electron chi connectivity index (χ1n) is 8.03. The summed E-state index contributed by atoms with van der Waals surface area (Å²) >= 11 is 4.49. The molecule has 1 amide bonds. The number of halogens is 1. The molecule has 28 heavy (non-hydrogen) atoms. The molecule has 0 atom stereocenters. The van der Waals surface area contributed by atoms with Crippen LogP contribution >= 0.6 is 27.3 Å². The van der Waals surface area contributed by atoms with Gasteiger partial charge in [0.15, 0.2) is 0 Å². The number of anilines is 1. The number of sulfonamides is 1. The fourth-order valence-electron chi connectivity index (χ4n) is 2.24. The summed E-state index contributed by atoms with van der Waals surface area (Å²) in [7, 11) is -3.62. The number of thiophene rings is 1. The number of nitrogens with one attached hydrogen (secondary N) is 3. The molecule has 3 aromatic rings. The summed E-state index contributed by atoms with van der Waals surface area (Å²) in [6.45, 7) is 3.88. The van der Waals surface area contributed by atoms with Crippen molar-refractivity contribution in [1.29, 1.82) is 0 Å². The molecule has 3 N–H and O–H groups in total. The third kappa shape index (κ3) is 5.00. The van der Waals surface area contributed by atoms with Gasteiger partial charge < -0.3 is 0 Å². The van der Waals surface area contributed by atoms with Crippen LogP contribution in [0.5, 0.6) is 0 Å². The first-order valence-corrected chi connectivity index (χ1v) is 11.2. The van der Waals surface area contributed by atoms with Crippen molar-refractivity contribution >= 4 is 54.6 Å². The molecular weight excluding hydrogens is 462 g/mol. The number of hydrazine groups is 1. The second kappa shape index (κ2) is 8.59. The number of amides is 1. The molecule has 0 unspecified atom stereocenters. The number of carbonyl (C=O) groups excluding carboxylic acids is 1. The van der Waals surface area contributed by atoms with Crippen molar-refractivity contribution in [3.8, 4) is 0 Å². The van der Waals surface area contributed by atoms with Crippen LogP contribution in [0.4, 0.5) is 5.69 Å². The van der Waals surface area contributed by atoms with Crippen LogP contribution in [0.15, 0.2) is 81.3 Å². The van der Waals surface area contributed by atoms with E-state index in [0.29, 0.717) is 16.9 Å². The molecule has 0 aliphatic heterocycles. The van der Waals surface area contributed by atoms with Gasteiger partial charge >= 0.3 is 0 Å². The van der Waals surface area contributed by atoms with Gasteiger partial charge in [-0.05, 0) is 53.4 Å². The largest absolute Gasteiger partial charge is 0.298 e. The Morgan fingerprint density at radius 3 is 2.18 bits per heavy atom. The smallest absolute Gasteiger partial charge is 0.271 e. The molecule has 0 saturated heterocycles. The maximum absolute atomic E-state index is 12.3. The third-order valence-corrected chi connectivity index (χ3v) is 6.99. The van der Waals surface area contributed by atoms with E-state index in [1.165, 1.54) is 30.3 Å². The quantitative estimate of drug-likeness (QED) is 0.444. The minimum absolute atomic E-state index is 0.227. The molecule has 0 aliphatic carbocycles. The molecule has 2 aromatic carbocycles. The van der Waals surface area contributed by atoms with Gasteiger partial charge in [-0.25, -0.2) is 8.42 Å². The topological polar surface area (TPSA) is 87.3 Å². The Kier molecular flexibility index (Phi) is 6.18. The van der Waals surface area contributed by atoms with Gasteiger partial charge in [-0.15, -0.1) is 11.3 Å². The number of hydrogen-bond acceptors (Lipinski definition) is 5. The van der Waals surface area contributed by atoms with E-state index in [1.54, 1.807) is 11.4 Å². The van der Waals surface area contributed by atoms with E-state index in [-0.39, 0.29) is 10.1 Å². The molecule has 1 aromatic heterocycles. The molecule has 0 saturated carbocycles. The molecule has 6 nitrogen and oxygen atoms in total.